The fourth-order valence-electron chi connectivity index (χ4n) is 4.83. The van der Waals surface area contributed by atoms with Gasteiger partial charge in [0.1, 0.15) is 0 Å². The number of nitrogens with zero attached hydrogens (tertiary/aromatic N) is 2. The van der Waals surface area contributed by atoms with Gasteiger partial charge in [-0.3, -0.25) is 9.59 Å². The van der Waals surface area contributed by atoms with Crippen LogP contribution in [-0.2, 0) is 14.3 Å². The van der Waals surface area contributed by atoms with Crippen molar-refractivity contribution < 1.29 is 14.3 Å². The van der Waals surface area contributed by atoms with E-state index < -0.39 is 0 Å². The molecule has 5 nitrogen and oxygen atoms in total. The quantitative estimate of drug-likeness (QED) is 0.704. The van der Waals surface area contributed by atoms with E-state index in [1.54, 1.807) is 0 Å². The van der Waals surface area contributed by atoms with Crippen molar-refractivity contribution in [1.82, 2.24) is 9.80 Å². The van der Waals surface area contributed by atoms with Crippen LogP contribution in [0.1, 0.15) is 70.6 Å². The second-order valence-corrected chi connectivity index (χ2v) is 8.53. The van der Waals surface area contributed by atoms with Gasteiger partial charge in [0.25, 0.3) is 0 Å². The van der Waals surface area contributed by atoms with Crippen LogP contribution < -0.4 is 0 Å². The third kappa shape index (κ3) is 5.21. The number of carbonyl (C=O) groups is 2. The summed E-state index contributed by atoms with van der Waals surface area (Å²) < 4.78 is 5.42. The van der Waals surface area contributed by atoms with Gasteiger partial charge >= 0.3 is 0 Å². The van der Waals surface area contributed by atoms with Crippen molar-refractivity contribution in [3.05, 3.63) is 0 Å². The normalized spacial score (nSPS) is 26.6. The highest BCUT2D eigenvalue weighted by atomic mass is 16.5. The van der Waals surface area contributed by atoms with E-state index in [1.165, 1.54) is 25.7 Å². The summed E-state index contributed by atoms with van der Waals surface area (Å²) in [5.41, 5.74) is 0. The summed E-state index contributed by atoms with van der Waals surface area (Å²) >= 11 is 0. The topological polar surface area (TPSA) is 49.9 Å². The number of ether oxygens (including phenoxy) is 1. The zero-order valence-corrected chi connectivity index (χ0v) is 16.5. The van der Waals surface area contributed by atoms with Crippen molar-refractivity contribution in [1.29, 1.82) is 0 Å². The third-order valence-electron chi connectivity index (χ3n) is 6.65. The summed E-state index contributed by atoms with van der Waals surface area (Å²) in [6.45, 7) is 3.20. The molecule has 3 aliphatic rings. The van der Waals surface area contributed by atoms with Crippen LogP contribution in [0.3, 0.4) is 0 Å². The Kier molecular flexibility index (Phi) is 7.35. The highest BCUT2D eigenvalue weighted by Gasteiger charge is 2.35. The highest BCUT2D eigenvalue weighted by molar-refractivity contribution is 5.84. The maximum atomic E-state index is 12.9. The van der Waals surface area contributed by atoms with Gasteiger partial charge in [0, 0.05) is 45.8 Å². The molecule has 2 amide bonds. The molecule has 3 rings (SSSR count). The van der Waals surface area contributed by atoms with E-state index >= 15 is 0 Å². The molecular formula is C21H36N2O3. The number of likely N-dealkylation sites (tertiary alicyclic amines) is 1. The Morgan fingerprint density at radius 3 is 2.46 bits per heavy atom. The molecule has 3 fully saturated rings. The molecule has 2 saturated heterocycles. The minimum Gasteiger partial charge on any atom is -0.381 e. The van der Waals surface area contributed by atoms with Crippen molar-refractivity contribution in [2.75, 3.05) is 33.4 Å². The molecule has 26 heavy (non-hydrogen) atoms. The standard InChI is InChI=1S/C21H36N2O3/c1-22(13-10-17-11-14-26-15-12-17)21(25)18-8-9-20(24)23(16-18)19-6-4-2-3-5-7-19/h17-19H,2-16H2,1H3. The Balaban J connectivity index is 1.50. The Morgan fingerprint density at radius 1 is 1.08 bits per heavy atom. The molecule has 1 unspecified atom stereocenters. The van der Waals surface area contributed by atoms with Crippen LogP contribution in [0.2, 0.25) is 0 Å². The summed E-state index contributed by atoms with van der Waals surface area (Å²) in [5, 5.41) is 0. The second-order valence-electron chi connectivity index (χ2n) is 8.53. The predicted octanol–water partition coefficient (Wildman–Crippen LogP) is 3.22. The van der Waals surface area contributed by atoms with Gasteiger partial charge in [0.2, 0.25) is 11.8 Å². The molecule has 0 aromatic carbocycles. The SMILES string of the molecule is CN(CCC1CCOCC1)C(=O)C1CCC(=O)N(C2CCCCCC2)C1. The van der Waals surface area contributed by atoms with E-state index in [1.807, 2.05) is 11.9 Å². The van der Waals surface area contributed by atoms with E-state index in [2.05, 4.69) is 4.90 Å². The maximum Gasteiger partial charge on any atom is 0.227 e. The zero-order valence-electron chi connectivity index (χ0n) is 16.5. The van der Waals surface area contributed by atoms with Crippen molar-refractivity contribution in [2.45, 2.75) is 76.7 Å². The summed E-state index contributed by atoms with van der Waals surface area (Å²) in [4.78, 5) is 29.4. The second kappa shape index (κ2) is 9.72. The molecular weight excluding hydrogens is 328 g/mol. The van der Waals surface area contributed by atoms with E-state index in [0.717, 1.165) is 58.3 Å². The van der Waals surface area contributed by atoms with Crippen molar-refractivity contribution >= 4 is 11.8 Å². The summed E-state index contributed by atoms with van der Waals surface area (Å²) in [5.74, 6) is 1.19. The smallest absolute Gasteiger partial charge is 0.227 e. The van der Waals surface area contributed by atoms with Crippen LogP contribution in [0.25, 0.3) is 0 Å². The molecule has 1 atom stereocenters. The number of piperidine rings is 1. The summed E-state index contributed by atoms with van der Waals surface area (Å²) in [7, 11) is 1.94. The van der Waals surface area contributed by atoms with Crippen LogP contribution in [-0.4, -0.2) is 61.0 Å². The van der Waals surface area contributed by atoms with Gasteiger partial charge in [-0.25, -0.2) is 0 Å². The van der Waals surface area contributed by atoms with Gasteiger partial charge < -0.3 is 14.5 Å². The average Bonchev–Trinajstić information content (AvgIpc) is 2.96. The van der Waals surface area contributed by atoms with E-state index in [-0.39, 0.29) is 17.7 Å². The Labute approximate surface area is 158 Å². The van der Waals surface area contributed by atoms with Crippen LogP contribution in [0, 0.1) is 11.8 Å². The molecule has 2 heterocycles. The zero-order chi connectivity index (χ0) is 18.4. The lowest BCUT2D eigenvalue weighted by Crippen LogP contribution is -2.50. The van der Waals surface area contributed by atoms with Gasteiger partial charge in [-0.15, -0.1) is 0 Å². The third-order valence-corrected chi connectivity index (χ3v) is 6.65. The fourth-order valence-corrected chi connectivity index (χ4v) is 4.83. The molecule has 0 radical (unpaired) electrons. The first-order chi connectivity index (χ1) is 12.6. The molecule has 0 N–H and O–H groups in total. The first-order valence-corrected chi connectivity index (χ1v) is 10.8. The lowest BCUT2D eigenvalue weighted by Gasteiger charge is -2.38. The van der Waals surface area contributed by atoms with E-state index in [9.17, 15) is 9.59 Å². The van der Waals surface area contributed by atoms with Crippen molar-refractivity contribution in [2.24, 2.45) is 11.8 Å². The van der Waals surface area contributed by atoms with Crippen molar-refractivity contribution in [3.63, 3.8) is 0 Å². The monoisotopic (exact) mass is 364 g/mol. The van der Waals surface area contributed by atoms with E-state index in [4.69, 9.17) is 4.74 Å². The lowest BCUT2D eigenvalue weighted by molar-refractivity contribution is -0.144. The molecule has 0 aromatic rings. The van der Waals surface area contributed by atoms with Gasteiger partial charge in [-0.05, 0) is 44.4 Å². The molecule has 5 heteroatoms. The number of carbonyl (C=O) groups excluding carboxylic acids is 2. The summed E-state index contributed by atoms with van der Waals surface area (Å²) in [6, 6.07) is 0.369. The molecule has 0 aromatic heterocycles. The average molecular weight is 365 g/mol. The van der Waals surface area contributed by atoms with Crippen LogP contribution >= 0.6 is 0 Å². The Bertz CT molecular complexity index is 468. The molecule has 1 saturated carbocycles. The van der Waals surface area contributed by atoms with Crippen molar-refractivity contribution in [3.8, 4) is 0 Å². The molecule has 2 aliphatic heterocycles. The summed E-state index contributed by atoms with van der Waals surface area (Å²) in [6.07, 6.45) is 11.8. The molecule has 0 bridgehead atoms. The molecule has 1 aliphatic carbocycles. The highest BCUT2D eigenvalue weighted by Crippen LogP contribution is 2.28. The van der Waals surface area contributed by atoms with Gasteiger partial charge in [0.05, 0.1) is 5.92 Å². The number of amides is 2. The fraction of sp³-hybridized carbons (Fsp3) is 0.905. The van der Waals surface area contributed by atoms with Gasteiger partial charge in [-0.2, -0.15) is 0 Å². The van der Waals surface area contributed by atoms with Gasteiger partial charge in [-0.1, -0.05) is 25.7 Å². The Hall–Kier alpha value is -1.10. The van der Waals surface area contributed by atoms with Crippen LogP contribution in [0.5, 0.6) is 0 Å². The minimum absolute atomic E-state index is 0.00403. The largest absolute Gasteiger partial charge is 0.381 e. The molecule has 148 valence electrons. The maximum absolute atomic E-state index is 12.9. The van der Waals surface area contributed by atoms with Crippen LogP contribution in [0.4, 0.5) is 0 Å². The molecule has 0 spiro atoms. The number of hydrogen-bond acceptors (Lipinski definition) is 3. The lowest BCUT2D eigenvalue weighted by atomic mass is 9.92. The van der Waals surface area contributed by atoms with Crippen LogP contribution in [0.15, 0.2) is 0 Å². The minimum atomic E-state index is -0.00403. The Morgan fingerprint density at radius 2 is 1.77 bits per heavy atom. The number of hydrogen-bond donors (Lipinski definition) is 0. The van der Waals surface area contributed by atoms with E-state index in [0.29, 0.717) is 24.9 Å². The first kappa shape index (κ1) is 19.7. The number of rotatable bonds is 5. The first-order valence-electron chi connectivity index (χ1n) is 10.8. The predicted molar refractivity (Wildman–Crippen MR) is 102 cm³/mol. The van der Waals surface area contributed by atoms with Gasteiger partial charge in [0.15, 0.2) is 0 Å².